The summed E-state index contributed by atoms with van der Waals surface area (Å²) in [6.45, 7) is 2.31. The van der Waals surface area contributed by atoms with Crippen LogP contribution in [0.5, 0.6) is 0 Å². The highest BCUT2D eigenvalue weighted by atomic mass is 79.9. The van der Waals surface area contributed by atoms with Crippen molar-refractivity contribution in [3.8, 4) is 0 Å². The molecule has 0 radical (unpaired) electrons. The molecule has 0 spiro atoms. The van der Waals surface area contributed by atoms with Gasteiger partial charge in [-0.2, -0.15) is 0 Å². The molecule has 0 heterocycles. The molecule has 8 heteroatoms. The number of nitrogens with one attached hydrogen (secondary N) is 1. The fourth-order valence-electron chi connectivity index (χ4n) is 1.59. The molecule has 1 aromatic rings. The van der Waals surface area contributed by atoms with E-state index >= 15 is 0 Å². The summed E-state index contributed by atoms with van der Waals surface area (Å²) in [5.74, 6) is -0.369. The highest BCUT2D eigenvalue weighted by Gasteiger charge is 2.17. The van der Waals surface area contributed by atoms with E-state index in [0.717, 1.165) is 0 Å². The van der Waals surface area contributed by atoms with E-state index < -0.39 is 10.0 Å². The van der Waals surface area contributed by atoms with Gasteiger partial charge in [-0.05, 0) is 40.5 Å². The lowest BCUT2D eigenvalue weighted by atomic mass is 10.2. The molecule has 112 valence electrons. The van der Waals surface area contributed by atoms with Gasteiger partial charge in [-0.25, -0.2) is 13.6 Å². The number of halogens is 1. The van der Waals surface area contributed by atoms with Crippen LogP contribution in [-0.4, -0.2) is 34.1 Å². The highest BCUT2D eigenvalue weighted by Crippen LogP contribution is 2.22. The number of ether oxygens (including phenoxy) is 1. The third kappa shape index (κ3) is 4.55. The molecular formula is C12H17BrN2O4S. The van der Waals surface area contributed by atoms with Crippen LogP contribution < -0.4 is 10.5 Å². The van der Waals surface area contributed by atoms with Crippen LogP contribution in [-0.2, 0) is 14.8 Å². The second kappa shape index (κ2) is 7.16. The molecule has 1 aromatic carbocycles. The number of rotatable bonds is 6. The molecule has 0 fully saturated rings. The molecular weight excluding hydrogens is 348 g/mol. The van der Waals surface area contributed by atoms with Crippen molar-refractivity contribution in [1.82, 2.24) is 5.32 Å². The van der Waals surface area contributed by atoms with Crippen molar-refractivity contribution in [3.63, 3.8) is 0 Å². The summed E-state index contributed by atoms with van der Waals surface area (Å²) < 4.78 is 28.1. The van der Waals surface area contributed by atoms with Crippen LogP contribution in [0.25, 0.3) is 0 Å². The van der Waals surface area contributed by atoms with E-state index in [2.05, 4.69) is 21.2 Å². The van der Waals surface area contributed by atoms with Gasteiger partial charge in [-0.1, -0.05) is 6.92 Å². The smallest absolute Gasteiger partial charge is 0.251 e. The molecule has 6 nitrogen and oxygen atoms in total. The molecule has 3 N–H and O–H groups in total. The number of methoxy groups -OCH3 is 1. The van der Waals surface area contributed by atoms with Gasteiger partial charge < -0.3 is 10.1 Å². The summed E-state index contributed by atoms with van der Waals surface area (Å²) in [5, 5.41) is 7.86. The van der Waals surface area contributed by atoms with Crippen LogP contribution in [0.2, 0.25) is 0 Å². The molecule has 1 atom stereocenters. The van der Waals surface area contributed by atoms with E-state index in [9.17, 15) is 13.2 Å². The van der Waals surface area contributed by atoms with E-state index in [1.807, 2.05) is 6.92 Å². The van der Waals surface area contributed by atoms with Gasteiger partial charge in [-0.15, -0.1) is 0 Å². The molecule has 0 aromatic heterocycles. The largest absolute Gasteiger partial charge is 0.383 e. The minimum Gasteiger partial charge on any atom is -0.383 e. The van der Waals surface area contributed by atoms with Crippen molar-refractivity contribution in [3.05, 3.63) is 28.2 Å². The van der Waals surface area contributed by atoms with Gasteiger partial charge in [0.2, 0.25) is 10.0 Å². The Bertz CT molecular complexity index is 589. The topological polar surface area (TPSA) is 98.5 Å². The third-order valence-electron chi connectivity index (χ3n) is 2.70. The predicted octanol–water partition coefficient (Wildman–Crippen LogP) is 1.25. The molecule has 1 rings (SSSR count). The molecule has 0 aliphatic carbocycles. The average Bonchev–Trinajstić information content (AvgIpc) is 2.37. The summed E-state index contributed by atoms with van der Waals surface area (Å²) in [5.41, 5.74) is 0.228. The Kier molecular flexibility index (Phi) is 6.12. The molecule has 0 aliphatic heterocycles. The maximum atomic E-state index is 12.1. The van der Waals surface area contributed by atoms with Crippen LogP contribution in [0.15, 0.2) is 27.6 Å². The van der Waals surface area contributed by atoms with Gasteiger partial charge in [0, 0.05) is 17.1 Å². The number of hydrogen-bond donors (Lipinski definition) is 2. The number of carbonyl (C=O) groups is 1. The second-order valence-electron chi connectivity index (χ2n) is 4.22. The van der Waals surface area contributed by atoms with Gasteiger partial charge >= 0.3 is 0 Å². The highest BCUT2D eigenvalue weighted by molar-refractivity contribution is 9.10. The third-order valence-corrected chi connectivity index (χ3v) is 4.60. The first-order valence-corrected chi connectivity index (χ1v) is 8.25. The fourth-order valence-corrected chi connectivity index (χ4v) is 3.15. The summed E-state index contributed by atoms with van der Waals surface area (Å²) in [6.07, 6.45) is 0.707. The summed E-state index contributed by atoms with van der Waals surface area (Å²) in [6, 6.07) is 4.11. The molecule has 0 aliphatic rings. The zero-order chi connectivity index (χ0) is 15.3. The lowest BCUT2D eigenvalue weighted by Gasteiger charge is -2.16. The quantitative estimate of drug-likeness (QED) is 0.793. The van der Waals surface area contributed by atoms with Crippen molar-refractivity contribution >= 4 is 31.9 Å². The van der Waals surface area contributed by atoms with Gasteiger partial charge in [0.15, 0.2) is 0 Å². The first kappa shape index (κ1) is 17.1. The maximum Gasteiger partial charge on any atom is 0.251 e. The van der Waals surface area contributed by atoms with Crippen molar-refractivity contribution in [2.75, 3.05) is 13.7 Å². The van der Waals surface area contributed by atoms with Gasteiger partial charge in [-0.3, -0.25) is 4.79 Å². The Labute approximate surface area is 126 Å². The van der Waals surface area contributed by atoms with Gasteiger partial charge in [0.05, 0.1) is 17.5 Å². The number of primary sulfonamides is 1. The van der Waals surface area contributed by atoms with E-state index in [4.69, 9.17) is 9.88 Å². The van der Waals surface area contributed by atoms with E-state index in [1.54, 1.807) is 7.11 Å². The zero-order valence-corrected chi connectivity index (χ0v) is 13.6. The van der Waals surface area contributed by atoms with Crippen molar-refractivity contribution in [1.29, 1.82) is 0 Å². The molecule has 0 saturated carbocycles. The lowest BCUT2D eigenvalue weighted by molar-refractivity contribution is 0.0894. The molecule has 0 bridgehead atoms. The van der Waals surface area contributed by atoms with Gasteiger partial charge in [0.1, 0.15) is 0 Å². The summed E-state index contributed by atoms with van der Waals surface area (Å²) in [4.78, 5) is 11.9. The monoisotopic (exact) mass is 364 g/mol. The van der Waals surface area contributed by atoms with E-state index in [0.29, 0.717) is 17.5 Å². The average molecular weight is 365 g/mol. The number of benzene rings is 1. The number of nitrogens with two attached hydrogens (primary N) is 1. The molecule has 1 unspecified atom stereocenters. The van der Waals surface area contributed by atoms with Crippen molar-refractivity contribution in [2.45, 2.75) is 24.3 Å². The Balaban J connectivity index is 3.00. The van der Waals surface area contributed by atoms with Crippen molar-refractivity contribution < 1.29 is 17.9 Å². The van der Waals surface area contributed by atoms with Crippen molar-refractivity contribution in [2.24, 2.45) is 5.14 Å². The first-order valence-electron chi connectivity index (χ1n) is 5.91. The lowest BCUT2D eigenvalue weighted by Crippen LogP contribution is -2.37. The molecule has 20 heavy (non-hydrogen) atoms. The Morgan fingerprint density at radius 2 is 2.15 bits per heavy atom. The number of amides is 1. The Morgan fingerprint density at radius 1 is 1.50 bits per heavy atom. The number of hydrogen-bond acceptors (Lipinski definition) is 4. The Hall–Kier alpha value is -0.960. The van der Waals surface area contributed by atoms with Gasteiger partial charge in [0.25, 0.3) is 5.91 Å². The SMILES string of the molecule is CCC(COC)NC(=O)c1ccc(Br)c(S(N)(=O)=O)c1. The summed E-state index contributed by atoms with van der Waals surface area (Å²) >= 11 is 3.09. The Morgan fingerprint density at radius 3 is 2.65 bits per heavy atom. The van der Waals surface area contributed by atoms with Crippen LogP contribution in [0.4, 0.5) is 0 Å². The van der Waals surface area contributed by atoms with E-state index in [-0.39, 0.29) is 22.4 Å². The maximum absolute atomic E-state index is 12.1. The van der Waals surface area contributed by atoms with E-state index in [1.165, 1.54) is 18.2 Å². The molecule has 1 amide bonds. The number of sulfonamides is 1. The summed E-state index contributed by atoms with van der Waals surface area (Å²) in [7, 11) is -2.34. The normalized spacial score (nSPS) is 13.0. The predicted molar refractivity (Wildman–Crippen MR) is 78.9 cm³/mol. The standard InChI is InChI=1S/C12H17BrN2O4S/c1-3-9(7-19-2)15-12(16)8-4-5-10(13)11(6-8)20(14,17)18/h4-6,9H,3,7H2,1-2H3,(H,15,16)(H2,14,17,18). The number of carbonyl (C=O) groups excluding carboxylic acids is 1. The minimum atomic E-state index is -3.89. The first-order chi connectivity index (χ1) is 9.29. The zero-order valence-electron chi connectivity index (χ0n) is 11.2. The fraction of sp³-hybridized carbons (Fsp3) is 0.417. The minimum absolute atomic E-state index is 0.120. The van der Waals surface area contributed by atoms with Crippen LogP contribution in [0.1, 0.15) is 23.7 Å². The van der Waals surface area contributed by atoms with Crippen LogP contribution in [0.3, 0.4) is 0 Å². The van der Waals surface area contributed by atoms with Crippen LogP contribution in [0, 0.1) is 0 Å². The van der Waals surface area contributed by atoms with Crippen LogP contribution >= 0.6 is 15.9 Å². The second-order valence-corrected chi connectivity index (χ2v) is 6.61. The molecule has 0 saturated heterocycles.